The van der Waals surface area contributed by atoms with Crippen molar-refractivity contribution < 1.29 is 18.0 Å². The van der Waals surface area contributed by atoms with Crippen LogP contribution in [0.25, 0.3) is 5.69 Å². The normalized spacial score (nSPS) is 11.4. The molecular formula is C18H16F3N5O2. The lowest BCUT2D eigenvalue weighted by molar-refractivity contribution is -0.141. The van der Waals surface area contributed by atoms with Crippen molar-refractivity contribution in [1.82, 2.24) is 24.9 Å². The van der Waals surface area contributed by atoms with Crippen molar-refractivity contribution in [3.8, 4) is 5.69 Å². The van der Waals surface area contributed by atoms with Crippen LogP contribution in [0.3, 0.4) is 0 Å². The first-order valence-electron chi connectivity index (χ1n) is 8.36. The number of hydrogen-bond acceptors (Lipinski definition) is 4. The summed E-state index contributed by atoms with van der Waals surface area (Å²) in [5.41, 5.74) is 0.0624. The predicted octanol–water partition coefficient (Wildman–Crippen LogP) is 2.40. The fourth-order valence-corrected chi connectivity index (χ4v) is 2.45. The van der Waals surface area contributed by atoms with E-state index in [0.29, 0.717) is 12.2 Å². The van der Waals surface area contributed by atoms with Gasteiger partial charge in [0.1, 0.15) is 5.69 Å². The number of nitrogens with one attached hydrogen (secondary N) is 1. The molecule has 7 nitrogen and oxygen atoms in total. The van der Waals surface area contributed by atoms with Crippen LogP contribution in [0.15, 0.2) is 53.5 Å². The van der Waals surface area contributed by atoms with Crippen molar-refractivity contribution >= 4 is 5.91 Å². The van der Waals surface area contributed by atoms with Gasteiger partial charge in [0.25, 0.3) is 11.5 Å². The van der Waals surface area contributed by atoms with E-state index in [4.69, 9.17) is 0 Å². The lowest BCUT2D eigenvalue weighted by atomic mass is 10.2. The largest absolute Gasteiger partial charge is 0.435 e. The molecule has 1 aromatic carbocycles. The van der Waals surface area contributed by atoms with Gasteiger partial charge < -0.3 is 5.32 Å². The number of rotatable bonds is 5. The summed E-state index contributed by atoms with van der Waals surface area (Å²) in [5, 5.41) is 10.2. The van der Waals surface area contributed by atoms with Gasteiger partial charge in [0, 0.05) is 25.4 Å². The molecule has 10 heteroatoms. The van der Waals surface area contributed by atoms with Crippen molar-refractivity contribution in [3.63, 3.8) is 0 Å². The van der Waals surface area contributed by atoms with E-state index < -0.39 is 17.8 Å². The number of benzene rings is 1. The molecule has 0 fully saturated rings. The molecule has 1 N–H and O–H groups in total. The summed E-state index contributed by atoms with van der Waals surface area (Å²) in [5.74, 6) is -0.437. The number of amides is 1. The minimum absolute atomic E-state index is 0.120. The minimum atomic E-state index is -4.50. The Kier molecular flexibility index (Phi) is 5.30. The number of carbonyl (C=O) groups excluding carboxylic acids is 1. The summed E-state index contributed by atoms with van der Waals surface area (Å²) in [7, 11) is 0. The van der Waals surface area contributed by atoms with E-state index in [1.165, 1.54) is 23.0 Å². The van der Waals surface area contributed by atoms with E-state index >= 15 is 0 Å². The lowest BCUT2D eigenvalue weighted by Crippen LogP contribution is -2.29. The molecule has 0 unspecified atom stereocenters. The Morgan fingerprint density at radius 1 is 1.07 bits per heavy atom. The molecule has 0 bridgehead atoms. The summed E-state index contributed by atoms with van der Waals surface area (Å²) >= 11 is 0. The molecule has 146 valence electrons. The van der Waals surface area contributed by atoms with E-state index in [1.807, 2.05) is 0 Å². The second kappa shape index (κ2) is 7.67. The van der Waals surface area contributed by atoms with Crippen molar-refractivity contribution in [3.05, 3.63) is 76.0 Å². The third-order valence-corrected chi connectivity index (χ3v) is 3.93. The molecule has 28 heavy (non-hydrogen) atoms. The topological polar surface area (TPSA) is 81.8 Å². The van der Waals surface area contributed by atoms with Crippen LogP contribution in [-0.2, 0) is 19.3 Å². The van der Waals surface area contributed by atoms with E-state index in [9.17, 15) is 22.8 Å². The Labute approximate surface area is 157 Å². The van der Waals surface area contributed by atoms with Crippen LogP contribution in [0.1, 0.15) is 28.7 Å². The van der Waals surface area contributed by atoms with Gasteiger partial charge in [-0.2, -0.15) is 23.4 Å². The van der Waals surface area contributed by atoms with Crippen LogP contribution in [0.4, 0.5) is 13.2 Å². The molecule has 2 heterocycles. The zero-order valence-corrected chi connectivity index (χ0v) is 14.8. The number of aromatic nitrogens is 4. The molecule has 2 aromatic heterocycles. The number of nitrogens with zero attached hydrogens (tertiary/aromatic N) is 4. The fraction of sp³-hybridized carbons (Fsp3) is 0.222. The molecule has 0 saturated heterocycles. The smallest absolute Gasteiger partial charge is 0.347 e. The maximum Gasteiger partial charge on any atom is 0.435 e. The highest BCUT2D eigenvalue weighted by Gasteiger charge is 2.33. The third-order valence-electron chi connectivity index (χ3n) is 3.93. The van der Waals surface area contributed by atoms with E-state index in [2.05, 4.69) is 15.5 Å². The van der Waals surface area contributed by atoms with Gasteiger partial charge in [-0.25, -0.2) is 9.36 Å². The van der Waals surface area contributed by atoms with Crippen LogP contribution in [0.2, 0.25) is 0 Å². The van der Waals surface area contributed by atoms with Crippen molar-refractivity contribution in [2.24, 2.45) is 0 Å². The number of hydrogen-bond donors (Lipinski definition) is 1. The SMILES string of the molecule is CCn1nc(C(=O)NCc2ccc(-n3ccc(C(F)(F)F)n3)cc2)ccc1=O. The second-order valence-electron chi connectivity index (χ2n) is 5.87. The summed E-state index contributed by atoms with van der Waals surface area (Å²) < 4.78 is 40.2. The molecule has 0 atom stereocenters. The summed E-state index contributed by atoms with van der Waals surface area (Å²) in [6.07, 6.45) is -3.27. The van der Waals surface area contributed by atoms with Crippen LogP contribution < -0.4 is 10.9 Å². The summed E-state index contributed by atoms with van der Waals surface area (Å²) in [4.78, 5) is 23.7. The summed E-state index contributed by atoms with van der Waals surface area (Å²) in [6.45, 7) is 2.29. The molecule has 0 aliphatic carbocycles. The highest BCUT2D eigenvalue weighted by molar-refractivity contribution is 5.91. The molecule has 0 aliphatic rings. The zero-order valence-electron chi connectivity index (χ0n) is 14.8. The Morgan fingerprint density at radius 3 is 2.39 bits per heavy atom. The van der Waals surface area contributed by atoms with Crippen LogP contribution >= 0.6 is 0 Å². The molecule has 0 aliphatic heterocycles. The molecule has 0 spiro atoms. The first kappa shape index (κ1) is 19.3. The van der Waals surface area contributed by atoms with Crippen molar-refractivity contribution in [2.45, 2.75) is 26.2 Å². The number of alkyl halides is 3. The van der Waals surface area contributed by atoms with E-state index in [0.717, 1.165) is 16.3 Å². The standard InChI is InChI=1S/C18H16F3N5O2/c1-2-25-16(27)8-7-14(23-25)17(28)22-11-12-3-5-13(6-4-12)26-10-9-15(24-26)18(19,20)21/h3-10H,2,11H2,1H3,(H,22,28). The maximum atomic E-state index is 12.6. The molecular weight excluding hydrogens is 375 g/mol. The van der Waals surface area contributed by atoms with Gasteiger partial charge in [-0.05, 0) is 36.8 Å². The number of halogens is 3. The molecule has 1 amide bonds. The van der Waals surface area contributed by atoms with Crippen LogP contribution in [0, 0.1) is 0 Å². The molecule has 0 radical (unpaired) electrons. The summed E-state index contributed by atoms with van der Waals surface area (Å²) in [6, 6.07) is 10.1. The monoisotopic (exact) mass is 391 g/mol. The van der Waals surface area contributed by atoms with Crippen LogP contribution in [0.5, 0.6) is 0 Å². The van der Waals surface area contributed by atoms with Gasteiger partial charge in [0.05, 0.1) is 5.69 Å². The van der Waals surface area contributed by atoms with Crippen molar-refractivity contribution in [2.75, 3.05) is 0 Å². The molecule has 3 aromatic rings. The van der Waals surface area contributed by atoms with Gasteiger partial charge in [0.2, 0.25) is 0 Å². The van der Waals surface area contributed by atoms with Gasteiger partial charge in [-0.1, -0.05) is 12.1 Å². The minimum Gasteiger partial charge on any atom is -0.347 e. The Bertz CT molecular complexity index is 1040. The van der Waals surface area contributed by atoms with Gasteiger partial charge in [-0.3, -0.25) is 9.59 Å². The molecule has 0 saturated carbocycles. The third kappa shape index (κ3) is 4.27. The first-order chi connectivity index (χ1) is 13.3. The Morgan fingerprint density at radius 2 is 1.79 bits per heavy atom. The van der Waals surface area contributed by atoms with E-state index in [1.54, 1.807) is 31.2 Å². The number of carbonyl (C=O) groups is 1. The second-order valence-corrected chi connectivity index (χ2v) is 5.87. The predicted molar refractivity (Wildman–Crippen MR) is 93.9 cm³/mol. The maximum absolute atomic E-state index is 12.6. The number of aryl methyl sites for hydroxylation is 1. The highest BCUT2D eigenvalue weighted by Crippen LogP contribution is 2.27. The highest BCUT2D eigenvalue weighted by atomic mass is 19.4. The Hall–Kier alpha value is -3.43. The van der Waals surface area contributed by atoms with Gasteiger partial charge in [-0.15, -0.1) is 0 Å². The molecule has 3 rings (SSSR count). The Balaban J connectivity index is 1.65. The average Bonchev–Trinajstić information content (AvgIpc) is 3.17. The van der Waals surface area contributed by atoms with Gasteiger partial charge >= 0.3 is 6.18 Å². The zero-order chi connectivity index (χ0) is 20.3. The average molecular weight is 391 g/mol. The van der Waals surface area contributed by atoms with E-state index in [-0.39, 0.29) is 17.8 Å². The quantitative estimate of drug-likeness (QED) is 0.724. The van der Waals surface area contributed by atoms with Crippen LogP contribution in [-0.4, -0.2) is 25.5 Å². The van der Waals surface area contributed by atoms with Crippen molar-refractivity contribution in [1.29, 1.82) is 0 Å². The lowest BCUT2D eigenvalue weighted by Gasteiger charge is -2.08. The fourth-order valence-electron chi connectivity index (χ4n) is 2.45. The van der Waals surface area contributed by atoms with Gasteiger partial charge in [0.15, 0.2) is 5.69 Å². The first-order valence-corrected chi connectivity index (χ1v) is 8.36.